The molecule has 0 rings (SSSR count). The number of rotatable bonds is 2. The maximum atomic E-state index is 2.22. The van der Waals surface area contributed by atoms with Crippen molar-refractivity contribution >= 4 is 0 Å². The molecule has 0 nitrogen and oxygen atoms in total. The Labute approximate surface area is 64.6 Å². The van der Waals surface area contributed by atoms with Crippen molar-refractivity contribution in [2.45, 2.75) is 34.6 Å². The van der Waals surface area contributed by atoms with E-state index < -0.39 is 0 Å². The van der Waals surface area contributed by atoms with E-state index in [9.17, 15) is 0 Å². The minimum atomic E-state index is 0.661. The summed E-state index contributed by atoms with van der Waals surface area (Å²) in [6, 6.07) is 0. The van der Waals surface area contributed by atoms with E-state index in [2.05, 4.69) is 46.8 Å². The molecule has 0 aliphatic heterocycles. The highest BCUT2D eigenvalue weighted by atomic mass is 13.9. The van der Waals surface area contributed by atoms with Crippen molar-refractivity contribution in [3.05, 3.63) is 23.3 Å². The molecule has 0 unspecified atom stereocenters. The molecule has 0 fully saturated rings. The molecule has 58 valence electrons. The maximum Gasteiger partial charge on any atom is -0.0287 e. The smallest absolute Gasteiger partial charge is 0.0287 e. The Kier molecular flexibility index (Phi) is 4.10. The second kappa shape index (κ2) is 4.32. The van der Waals surface area contributed by atoms with Crippen LogP contribution in [-0.4, -0.2) is 0 Å². The highest BCUT2D eigenvalue weighted by molar-refractivity contribution is 5.20. The summed E-state index contributed by atoms with van der Waals surface area (Å²) < 4.78 is 0. The first-order chi connectivity index (χ1) is 4.54. The quantitative estimate of drug-likeness (QED) is 0.512. The van der Waals surface area contributed by atoms with Gasteiger partial charge in [-0.25, -0.2) is 0 Å². The van der Waals surface area contributed by atoms with Crippen LogP contribution >= 0.6 is 0 Å². The van der Waals surface area contributed by atoms with Crippen molar-refractivity contribution in [3.8, 4) is 0 Å². The molecule has 0 spiro atoms. The van der Waals surface area contributed by atoms with Gasteiger partial charge in [-0.3, -0.25) is 0 Å². The van der Waals surface area contributed by atoms with Crippen molar-refractivity contribution in [2.75, 3.05) is 0 Å². The summed E-state index contributed by atoms with van der Waals surface area (Å²) in [5, 5.41) is 0. The van der Waals surface area contributed by atoms with E-state index in [1.165, 1.54) is 11.1 Å². The van der Waals surface area contributed by atoms with Gasteiger partial charge < -0.3 is 0 Å². The third kappa shape index (κ3) is 4.37. The molecule has 0 aromatic rings. The van der Waals surface area contributed by atoms with Crippen LogP contribution in [0.15, 0.2) is 23.3 Å². The average Bonchev–Trinajstić information content (AvgIpc) is 1.82. The molecule has 0 radical (unpaired) electrons. The van der Waals surface area contributed by atoms with Crippen LogP contribution in [0.4, 0.5) is 0 Å². The van der Waals surface area contributed by atoms with E-state index in [0.717, 1.165) is 0 Å². The number of hydrogen-bond donors (Lipinski definition) is 0. The van der Waals surface area contributed by atoms with Crippen molar-refractivity contribution in [3.63, 3.8) is 0 Å². The summed E-state index contributed by atoms with van der Waals surface area (Å²) >= 11 is 0. The average molecular weight is 138 g/mol. The van der Waals surface area contributed by atoms with Gasteiger partial charge >= 0.3 is 0 Å². The van der Waals surface area contributed by atoms with E-state index in [0.29, 0.717) is 5.92 Å². The van der Waals surface area contributed by atoms with Gasteiger partial charge in [0.05, 0.1) is 0 Å². The Balaban J connectivity index is 4.03. The van der Waals surface area contributed by atoms with E-state index in [4.69, 9.17) is 0 Å². The molecule has 10 heavy (non-hydrogen) atoms. The molecule has 0 aliphatic rings. The van der Waals surface area contributed by atoms with E-state index >= 15 is 0 Å². The van der Waals surface area contributed by atoms with Crippen LogP contribution in [0.25, 0.3) is 0 Å². The normalized spacial score (nSPS) is 11.0. The van der Waals surface area contributed by atoms with Gasteiger partial charge in [-0.05, 0) is 26.7 Å². The van der Waals surface area contributed by atoms with Gasteiger partial charge in [0, 0.05) is 0 Å². The van der Waals surface area contributed by atoms with Crippen molar-refractivity contribution < 1.29 is 0 Å². The van der Waals surface area contributed by atoms with Gasteiger partial charge in [-0.15, -0.1) is 0 Å². The van der Waals surface area contributed by atoms with Gasteiger partial charge in [-0.2, -0.15) is 0 Å². The molecule has 0 bridgehead atoms. The zero-order chi connectivity index (χ0) is 8.15. The lowest BCUT2D eigenvalue weighted by Crippen LogP contribution is -1.79. The molecule has 0 atom stereocenters. The molecular formula is C10H18. The Morgan fingerprint density at radius 3 is 1.90 bits per heavy atom. The molecule has 0 N–H and O–H groups in total. The van der Waals surface area contributed by atoms with E-state index in [1.807, 2.05) is 0 Å². The predicted molar refractivity (Wildman–Crippen MR) is 48.0 cm³/mol. The van der Waals surface area contributed by atoms with Crippen molar-refractivity contribution in [1.82, 2.24) is 0 Å². The topological polar surface area (TPSA) is 0 Å². The van der Waals surface area contributed by atoms with Crippen LogP contribution in [0, 0.1) is 5.92 Å². The molecular weight excluding hydrogens is 120 g/mol. The zero-order valence-corrected chi connectivity index (χ0v) is 7.73. The first-order valence-electron chi connectivity index (χ1n) is 3.86. The monoisotopic (exact) mass is 138 g/mol. The zero-order valence-electron chi connectivity index (χ0n) is 7.73. The summed E-state index contributed by atoms with van der Waals surface area (Å²) in [5.41, 5.74) is 2.78. The maximum absolute atomic E-state index is 2.22. The highest BCUT2D eigenvalue weighted by Gasteiger charge is 1.86. The molecule has 0 amide bonds. The van der Waals surface area contributed by atoms with E-state index in [-0.39, 0.29) is 0 Å². The Morgan fingerprint density at radius 1 is 1.10 bits per heavy atom. The largest absolute Gasteiger partial charge is 0.0817 e. The molecule has 0 heteroatoms. The second-order valence-corrected chi connectivity index (χ2v) is 3.29. The lowest BCUT2D eigenvalue weighted by Gasteiger charge is -1.96. The fraction of sp³-hybridized carbons (Fsp3) is 0.600. The Morgan fingerprint density at radius 2 is 1.60 bits per heavy atom. The lowest BCUT2D eigenvalue weighted by molar-refractivity contribution is 0.830. The number of allylic oxidation sites excluding steroid dienone is 4. The SMILES string of the molecule is CC(C)=C(C)C=CC(C)C. The molecule has 0 heterocycles. The summed E-state index contributed by atoms with van der Waals surface area (Å²) in [6.07, 6.45) is 4.42. The first kappa shape index (κ1) is 9.48. The predicted octanol–water partition coefficient (Wildman–Crippen LogP) is 3.55. The van der Waals surface area contributed by atoms with Gasteiger partial charge in [0.25, 0.3) is 0 Å². The fourth-order valence-corrected chi connectivity index (χ4v) is 0.503. The van der Waals surface area contributed by atoms with Crippen LogP contribution in [0.3, 0.4) is 0 Å². The number of hydrogen-bond acceptors (Lipinski definition) is 0. The van der Waals surface area contributed by atoms with Crippen LogP contribution < -0.4 is 0 Å². The molecule has 0 saturated heterocycles. The third-order valence-electron chi connectivity index (χ3n) is 1.52. The van der Waals surface area contributed by atoms with Crippen LogP contribution in [-0.2, 0) is 0 Å². The molecule has 0 aliphatic carbocycles. The highest BCUT2D eigenvalue weighted by Crippen LogP contribution is 2.05. The van der Waals surface area contributed by atoms with E-state index in [1.54, 1.807) is 0 Å². The van der Waals surface area contributed by atoms with Crippen LogP contribution in [0.2, 0.25) is 0 Å². The minimum absolute atomic E-state index is 0.661. The van der Waals surface area contributed by atoms with Crippen molar-refractivity contribution in [1.29, 1.82) is 0 Å². The van der Waals surface area contributed by atoms with Gasteiger partial charge in [0.1, 0.15) is 0 Å². The molecule has 0 aromatic carbocycles. The summed E-state index contributed by atoms with van der Waals surface area (Å²) in [5.74, 6) is 0.661. The van der Waals surface area contributed by atoms with Gasteiger partial charge in [0.2, 0.25) is 0 Å². The van der Waals surface area contributed by atoms with Crippen molar-refractivity contribution in [2.24, 2.45) is 5.92 Å². The second-order valence-electron chi connectivity index (χ2n) is 3.29. The fourth-order valence-electron chi connectivity index (χ4n) is 0.503. The summed E-state index contributed by atoms with van der Waals surface area (Å²) in [4.78, 5) is 0. The molecule has 0 saturated carbocycles. The standard InChI is InChI=1S/C10H18/c1-8(2)6-7-10(5)9(3)4/h6-8H,1-5H3. The van der Waals surface area contributed by atoms with Crippen LogP contribution in [0.5, 0.6) is 0 Å². The van der Waals surface area contributed by atoms with Crippen LogP contribution in [0.1, 0.15) is 34.6 Å². The third-order valence-corrected chi connectivity index (χ3v) is 1.52. The molecule has 0 aromatic heterocycles. The summed E-state index contributed by atoms with van der Waals surface area (Å²) in [7, 11) is 0. The Hall–Kier alpha value is -0.520. The lowest BCUT2D eigenvalue weighted by atomic mass is 10.1. The van der Waals surface area contributed by atoms with Gasteiger partial charge in [-0.1, -0.05) is 37.1 Å². The summed E-state index contributed by atoms with van der Waals surface area (Å²) in [6.45, 7) is 10.8. The first-order valence-corrected chi connectivity index (χ1v) is 3.86. The Bertz CT molecular complexity index is 143. The minimum Gasteiger partial charge on any atom is -0.0817 e. The van der Waals surface area contributed by atoms with Gasteiger partial charge in [0.15, 0.2) is 0 Å².